The molecule has 3 heterocycles. The number of hydrogen-bond acceptors (Lipinski definition) is 6. The highest BCUT2D eigenvalue weighted by Crippen LogP contribution is 2.32. The Hall–Kier alpha value is -4.43. The van der Waals surface area contributed by atoms with Crippen LogP contribution in [0.4, 0.5) is 5.82 Å². The van der Waals surface area contributed by atoms with Gasteiger partial charge in [0.15, 0.2) is 5.76 Å². The van der Waals surface area contributed by atoms with Gasteiger partial charge in [-0.1, -0.05) is 48.5 Å². The molecule has 0 saturated heterocycles. The predicted molar refractivity (Wildman–Crippen MR) is 142 cm³/mol. The Morgan fingerprint density at radius 1 is 1.06 bits per heavy atom. The van der Waals surface area contributed by atoms with Gasteiger partial charge in [0.25, 0.3) is 5.91 Å². The molecule has 6 rings (SSSR count). The highest BCUT2D eigenvalue weighted by Gasteiger charge is 2.21. The fraction of sp³-hybridized carbons (Fsp3) is 0.107. The highest BCUT2D eigenvalue weighted by atomic mass is 32.1. The van der Waals surface area contributed by atoms with Crippen molar-refractivity contribution in [3.63, 3.8) is 0 Å². The molecule has 1 N–H and O–H groups in total. The summed E-state index contributed by atoms with van der Waals surface area (Å²) in [5.74, 6) is 1.48. The number of ether oxygens (including phenoxy) is 1. The van der Waals surface area contributed by atoms with E-state index in [4.69, 9.17) is 14.1 Å². The summed E-state index contributed by atoms with van der Waals surface area (Å²) < 4.78 is 13.4. The van der Waals surface area contributed by atoms with E-state index in [1.54, 1.807) is 4.68 Å². The van der Waals surface area contributed by atoms with Crippen molar-refractivity contribution >= 4 is 44.8 Å². The Kier molecular flexibility index (Phi) is 5.50. The first-order valence-corrected chi connectivity index (χ1v) is 12.5. The summed E-state index contributed by atoms with van der Waals surface area (Å²) in [5, 5.41) is 13.0. The van der Waals surface area contributed by atoms with Crippen molar-refractivity contribution in [1.82, 2.24) is 14.8 Å². The van der Waals surface area contributed by atoms with Gasteiger partial charge in [0.2, 0.25) is 5.13 Å². The molecule has 0 atom stereocenters. The summed E-state index contributed by atoms with van der Waals surface area (Å²) in [6.07, 6.45) is 0. The number of carbonyl (C=O) groups excluding carboxylic acids is 1. The van der Waals surface area contributed by atoms with Crippen LogP contribution in [-0.4, -0.2) is 27.3 Å². The molecule has 3 aromatic heterocycles. The van der Waals surface area contributed by atoms with Crippen LogP contribution in [0.25, 0.3) is 38.3 Å². The lowest BCUT2D eigenvalue weighted by Gasteiger charge is -2.14. The van der Waals surface area contributed by atoms with Gasteiger partial charge < -0.3 is 14.5 Å². The number of anilines is 1. The van der Waals surface area contributed by atoms with Gasteiger partial charge in [0.1, 0.15) is 22.8 Å². The van der Waals surface area contributed by atoms with Gasteiger partial charge in [-0.05, 0) is 42.8 Å². The van der Waals surface area contributed by atoms with Gasteiger partial charge in [0, 0.05) is 16.8 Å². The molecule has 36 heavy (non-hydrogen) atoms. The lowest BCUT2D eigenvalue weighted by molar-refractivity contribution is 0.102. The third-order valence-corrected chi connectivity index (χ3v) is 6.66. The number of benzene rings is 3. The zero-order chi connectivity index (χ0) is 24.6. The fourth-order valence-corrected chi connectivity index (χ4v) is 5.03. The minimum atomic E-state index is -0.273. The number of para-hydroxylation sites is 1. The second-order valence-corrected chi connectivity index (χ2v) is 9.13. The summed E-state index contributed by atoms with van der Waals surface area (Å²) in [4.78, 5) is 18.3. The van der Waals surface area contributed by atoms with E-state index in [-0.39, 0.29) is 5.91 Å². The first kappa shape index (κ1) is 22.1. The quantitative estimate of drug-likeness (QED) is 0.274. The maximum Gasteiger partial charge on any atom is 0.261 e. The van der Waals surface area contributed by atoms with E-state index in [2.05, 4.69) is 10.4 Å². The molecule has 6 aromatic rings. The number of fused-ring (bicyclic) bond motifs is 2. The van der Waals surface area contributed by atoms with Crippen LogP contribution >= 0.6 is 11.3 Å². The number of nitrogens with zero attached hydrogens (tertiary/aromatic N) is 3. The van der Waals surface area contributed by atoms with E-state index in [9.17, 15) is 4.79 Å². The number of carbonyl (C=O) groups is 1. The zero-order valence-corrected chi connectivity index (χ0v) is 20.5. The monoisotopic (exact) mass is 494 g/mol. The van der Waals surface area contributed by atoms with Gasteiger partial charge in [-0.25, -0.2) is 4.98 Å². The molecule has 0 aliphatic rings. The average Bonchev–Trinajstić information content (AvgIpc) is 3.62. The van der Waals surface area contributed by atoms with Crippen LogP contribution in [0.2, 0.25) is 0 Å². The van der Waals surface area contributed by atoms with E-state index >= 15 is 0 Å². The van der Waals surface area contributed by atoms with E-state index in [1.807, 2.05) is 92.0 Å². The maximum atomic E-state index is 13.6. The van der Waals surface area contributed by atoms with Crippen molar-refractivity contribution in [2.75, 3.05) is 11.9 Å². The number of rotatable bonds is 6. The van der Waals surface area contributed by atoms with Crippen molar-refractivity contribution in [1.29, 1.82) is 0 Å². The second kappa shape index (κ2) is 8.98. The van der Waals surface area contributed by atoms with Crippen molar-refractivity contribution in [3.05, 3.63) is 89.4 Å². The molecule has 1 amide bonds. The van der Waals surface area contributed by atoms with Gasteiger partial charge in [-0.2, -0.15) is 9.78 Å². The smallest absolute Gasteiger partial charge is 0.261 e. The van der Waals surface area contributed by atoms with E-state index < -0.39 is 0 Å². The Morgan fingerprint density at radius 2 is 1.86 bits per heavy atom. The predicted octanol–water partition coefficient (Wildman–Crippen LogP) is 6.85. The Morgan fingerprint density at radius 3 is 2.69 bits per heavy atom. The molecular formula is C28H22N4O3S. The zero-order valence-electron chi connectivity index (χ0n) is 19.7. The minimum Gasteiger partial charge on any atom is -0.493 e. The molecular weight excluding hydrogens is 472 g/mol. The van der Waals surface area contributed by atoms with Crippen LogP contribution in [-0.2, 0) is 0 Å². The van der Waals surface area contributed by atoms with Crippen LogP contribution in [0, 0.1) is 6.92 Å². The maximum absolute atomic E-state index is 13.6. The van der Waals surface area contributed by atoms with Crippen molar-refractivity contribution in [2.45, 2.75) is 13.8 Å². The highest BCUT2D eigenvalue weighted by molar-refractivity contribution is 7.12. The molecule has 7 nitrogen and oxygen atoms in total. The fourth-order valence-electron chi connectivity index (χ4n) is 4.26. The molecule has 0 bridgehead atoms. The normalized spacial score (nSPS) is 11.3. The third-order valence-electron chi connectivity index (χ3n) is 5.84. The van der Waals surface area contributed by atoms with Crippen LogP contribution in [0.1, 0.15) is 23.0 Å². The summed E-state index contributed by atoms with van der Waals surface area (Å²) >= 11 is 1.42. The van der Waals surface area contributed by atoms with Gasteiger partial charge >= 0.3 is 0 Å². The van der Waals surface area contributed by atoms with E-state index in [0.29, 0.717) is 40.3 Å². The number of nitrogens with one attached hydrogen (secondary N) is 1. The molecule has 8 heteroatoms. The number of thiazole rings is 1. The van der Waals surface area contributed by atoms with Crippen LogP contribution < -0.4 is 10.1 Å². The molecule has 0 spiro atoms. The van der Waals surface area contributed by atoms with Gasteiger partial charge in [-0.15, -0.1) is 11.3 Å². The molecule has 178 valence electrons. The first-order valence-electron chi connectivity index (χ1n) is 11.6. The van der Waals surface area contributed by atoms with Crippen molar-refractivity contribution in [2.24, 2.45) is 0 Å². The Labute approximate surface area is 211 Å². The summed E-state index contributed by atoms with van der Waals surface area (Å²) in [6.45, 7) is 4.24. The Bertz CT molecular complexity index is 1700. The SMILES string of the molecule is CCOc1ccc2ccccc2c1C(=O)Nc1cc(C)nn1-c1nc(-c2cc3ccccc3o2)cs1. The number of aryl methyl sites for hydroxylation is 1. The standard InChI is InChI=1S/C28H22N4O3S/c1-3-34-23-13-12-18-8-4-6-10-20(18)26(23)27(33)30-25-14-17(2)31-32(25)28-29-21(16-36-28)24-15-19-9-5-7-11-22(19)35-24/h4-16H,3H2,1-2H3,(H,30,33). The third kappa shape index (κ3) is 3.91. The first-order chi connectivity index (χ1) is 17.6. The number of aromatic nitrogens is 3. The second-order valence-electron chi connectivity index (χ2n) is 8.29. The molecule has 0 aliphatic heterocycles. The molecule has 0 unspecified atom stereocenters. The summed E-state index contributed by atoms with van der Waals surface area (Å²) in [5.41, 5.74) is 2.77. The topological polar surface area (TPSA) is 82.2 Å². The van der Waals surface area contributed by atoms with E-state index in [0.717, 1.165) is 27.4 Å². The lowest BCUT2D eigenvalue weighted by Crippen LogP contribution is -2.17. The van der Waals surface area contributed by atoms with Gasteiger partial charge in [-0.3, -0.25) is 4.79 Å². The number of amides is 1. The number of hydrogen-bond donors (Lipinski definition) is 1. The average molecular weight is 495 g/mol. The van der Waals surface area contributed by atoms with Crippen LogP contribution in [0.3, 0.4) is 0 Å². The minimum absolute atomic E-state index is 0.273. The Balaban J connectivity index is 1.36. The summed E-state index contributed by atoms with van der Waals surface area (Å²) in [7, 11) is 0. The van der Waals surface area contributed by atoms with Crippen molar-refractivity contribution < 1.29 is 13.9 Å². The lowest BCUT2D eigenvalue weighted by atomic mass is 10.0. The van der Waals surface area contributed by atoms with Crippen LogP contribution in [0.15, 0.2) is 82.6 Å². The number of furan rings is 1. The van der Waals surface area contributed by atoms with Gasteiger partial charge in [0.05, 0.1) is 17.9 Å². The molecule has 3 aromatic carbocycles. The van der Waals surface area contributed by atoms with Crippen LogP contribution in [0.5, 0.6) is 5.75 Å². The molecule has 0 aliphatic carbocycles. The molecule has 0 fully saturated rings. The van der Waals surface area contributed by atoms with Crippen molar-refractivity contribution in [3.8, 4) is 22.3 Å². The summed E-state index contributed by atoms with van der Waals surface area (Å²) in [6, 6.07) is 23.2. The van der Waals surface area contributed by atoms with E-state index in [1.165, 1.54) is 11.3 Å². The molecule has 0 saturated carbocycles. The largest absolute Gasteiger partial charge is 0.493 e. The molecule has 0 radical (unpaired) electrons.